The summed E-state index contributed by atoms with van der Waals surface area (Å²) in [5, 5.41) is 9.94. The van der Waals surface area contributed by atoms with Crippen LogP contribution in [0, 0.1) is 17.8 Å². The van der Waals surface area contributed by atoms with E-state index in [1.807, 2.05) is 0 Å². The van der Waals surface area contributed by atoms with Crippen molar-refractivity contribution in [1.82, 2.24) is 0 Å². The highest BCUT2D eigenvalue weighted by Gasteiger charge is 2.35. The summed E-state index contributed by atoms with van der Waals surface area (Å²) in [6.45, 7) is 7.56. The molecule has 1 heterocycles. The second-order valence-corrected chi connectivity index (χ2v) is 6.45. The molecule has 0 aromatic carbocycles. The maximum atomic E-state index is 9.94. The first-order chi connectivity index (χ1) is 8.58. The second kappa shape index (κ2) is 6.36. The highest BCUT2D eigenvalue weighted by atomic mass is 16.7. The molecule has 18 heavy (non-hydrogen) atoms. The van der Waals surface area contributed by atoms with Gasteiger partial charge in [0.15, 0.2) is 6.29 Å². The van der Waals surface area contributed by atoms with Gasteiger partial charge in [0.2, 0.25) is 0 Å². The van der Waals surface area contributed by atoms with Gasteiger partial charge in [0.25, 0.3) is 0 Å². The molecule has 3 nitrogen and oxygen atoms in total. The summed E-state index contributed by atoms with van der Waals surface area (Å²) in [5.41, 5.74) is 0. The van der Waals surface area contributed by atoms with Gasteiger partial charge in [0.1, 0.15) is 6.10 Å². The molecule has 2 unspecified atom stereocenters. The zero-order chi connectivity index (χ0) is 13.1. The van der Waals surface area contributed by atoms with Crippen LogP contribution in [0.25, 0.3) is 0 Å². The molecule has 0 aromatic rings. The molecule has 2 fully saturated rings. The van der Waals surface area contributed by atoms with Crippen LogP contribution in [0.2, 0.25) is 0 Å². The van der Waals surface area contributed by atoms with Crippen LogP contribution < -0.4 is 0 Å². The predicted molar refractivity (Wildman–Crippen MR) is 71.2 cm³/mol. The van der Waals surface area contributed by atoms with Crippen LogP contribution in [-0.2, 0) is 9.47 Å². The molecular formula is C15H28O3. The number of rotatable bonds is 3. The quantitative estimate of drug-likeness (QED) is 0.843. The van der Waals surface area contributed by atoms with Gasteiger partial charge in [-0.05, 0) is 43.4 Å². The molecule has 2 aliphatic rings. The number of aliphatic hydroxyl groups is 1. The van der Waals surface area contributed by atoms with E-state index < -0.39 is 12.4 Å². The molecule has 1 saturated carbocycles. The third-order valence-corrected chi connectivity index (χ3v) is 4.51. The van der Waals surface area contributed by atoms with Crippen LogP contribution in [-0.4, -0.2) is 30.2 Å². The largest absolute Gasteiger partial charge is 0.388 e. The van der Waals surface area contributed by atoms with Gasteiger partial charge in [-0.15, -0.1) is 0 Å². The first kappa shape index (κ1) is 14.3. The lowest BCUT2D eigenvalue weighted by Gasteiger charge is -2.40. The Morgan fingerprint density at radius 2 is 2.00 bits per heavy atom. The molecule has 1 N–H and O–H groups in total. The van der Waals surface area contributed by atoms with Crippen LogP contribution in [0.3, 0.4) is 0 Å². The predicted octanol–water partition coefficient (Wildman–Crippen LogP) is 2.96. The van der Waals surface area contributed by atoms with Crippen molar-refractivity contribution in [1.29, 1.82) is 0 Å². The van der Waals surface area contributed by atoms with Crippen molar-refractivity contribution in [3.63, 3.8) is 0 Å². The molecule has 0 radical (unpaired) electrons. The van der Waals surface area contributed by atoms with Crippen molar-refractivity contribution in [2.45, 2.75) is 71.4 Å². The Hall–Kier alpha value is -0.120. The normalized spacial score (nSPS) is 42.2. The third kappa shape index (κ3) is 3.46. The molecule has 1 aliphatic carbocycles. The lowest BCUT2D eigenvalue weighted by Crippen LogP contribution is -2.43. The Bertz CT molecular complexity index is 254. The average Bonchev–Trinajstić information content (AvgIpc) is 2.32. The van der Waals surface area contributed by atoms with E-state index in [4.69, 9.17) is 9.47 Å². The van der Waals surface area contributed by atoms with Crippen molar-refractivity contribution in [3.05, 3.63) is 0 Å². The van der Waals surface area contributed by atoms with Gasteiger partial charge < -0.3 is 14.6 Å². The van der Waals surface area contributed by atoms with E-state index in [0.29, 0.717) is 11.8 Å². The second-order valence-electron chi connectivity index (χ2n) is 6.45. The molecule has 106 valence electrons. The number of ether oxygens (including phenoxy) is 2. The Balaban J connectivity index is 1.95. The molecule has 1 aliphatic heterocycles. The minimum atomic E-state index is -0.441. The topological polar surface area (TPSA) is 38.7 Å². The van der Waals surface area contributed by atoms with Gasteiger partial charge in [-0.25, -0.2) is 0 Å². The number of hydrogen-bond acceptors (Lipinski definition) is 3. The summed E-state index contributed by atoms with van der Waals surface area (Å²) in [7, 11) is 0. The molecule has 0 spiro atoms. The highest BCUT2D eigenvalue weighted by Crippen LogP contribution is 2.36. The monoisotopic (exact) mass is 256 g/mol. The lowest BCUT2D eigenvalue weighted by atomic mass is 9.75. The maximum Gasteiger partial charge on any atom is 0.183 e. The molecular weight excluding hydrogens is 228 g/mol. The van der Waals surface area contributed by atoms with Crippen LogP contribution in [0.5, 0.6) is 0 Å². The minimum Gasteiger partial charge on any atom is -0.388 e. The van der Waals surface area contributed by atoms with E-state index >= 15 is 0 Å². The van der Waals surface area contributed by atoms with Gasteiger partial charge in [-0.1, -0.05) is 27.2 Å². The van der Waals surface area contributed by atoms with Crippen molar-refractivity contribution >= 4 is 0 Å². The summed E-state index contributed by atoms with van der Waals surface area (Å²) >= 11 is 0. The van der Waals surface area contributed by atoms with Crippen LogP contribution >= 0.6 is 0 Å². The summed E-state index contributed by atoms with van der Waals surface area (Å²) in [6, 6.07) is 0. The summed E-state index contributed by atoms with van der Waals surface area (Å²) < 4.78 is 11.7. The molecule has 0 bridgehead atoms. The van der Waals surface area contributed by atoms with Gasteiger partial charge in [-0.2, -0.15) is 0 Å². The fourth-order valence-corrected chi connectivity index (χ4v) is 3.31. The van der Waals surface area contributed by atoms with Crippen molar-refractivity contribution in [2.24, 2.45) is 17.8 Å². The van der Waals surface area contributed by atoms with Crippen LogP contribution in [0.4, 0.5) is 0 Å². The summed E-state index contributed by atoms with van der Waals surface area (Å²) in [6.07, 6.45) is 4.82. The molecule has 0 aromatic heterocycles. The first-order valence-corrected chi connectivity index (χ1v) is 7.53. The van der Waals surface area contributed by atoms with Gasteiger partial charge in [-0.3, -0.25) is 0 Å². The molecule has 2 rings (SSSR count). The zero-order valence-electron chi connectivity index (χ0n) is 12.0. The van der Waals surface area contributed by atoms with E-state index in [1.165, 1.54) is 12.8 Å². The highest BCUT2D eigenvalue weighted by molar-refractivity contribution is 4.82. The van der Waals surface area contributed by atoms with Gasteiger partial charge in [0, 0.05) is 6.61 Å². The Kier molecular flexibility index (Phi) is 5.05. The van der Waals surface area contributed by atoms with Crippen LogP contribution in [0.15, 0.2) is 0 Å². The van der Waals surface area contributed by atoms with Crippen molar-refractivity contribution in [2.75, 3.05) is 6.61 Å². The Morgan fingerprint density at radius 1 is 1.22 bits per heavy atom. The van der Waals surface area contributed by atoms with Gasteiger partial charge >= 0.3 is 0 Å². The van der Waals surface area contributed by atoms with Gasteiger partial charge in [0.05, 0.1) is 6.10 Å². The lowest BCUT2D eigenvalue weighted by molar-refractivity contribution is -0.249. The smallest absolute Gasteiger partial charge is 0.183 e. The van der Waals surface area contributed by atoms with Crippen molar-refractivity contribution < 1.29 is 14.6 Å². The molecule has 3 heteroatoms. The first-order valence-electron chi connectivity index (χ1n) is 7.53. The van der Waals surface area contributed by atoms with E-state index in [9.17, 15) is 5.11 Å². The Labute approximate surface area is 111 Å². The number of aliphatic hydroxyl groups excluding tert-OH is 1. The van der Waals surface area contributed by atoms with E-state index in [1.54, 1.807) is 0 Å². The molecule has 5 atom stereocenters. The molecule has 0 amide bonds. The Morgan fingerprint density at radius 3 is 2.67 bits per heavy atom. The minimum absolute atomic E-state index is 0.256. The van der Waals surface area contributed by atoms with Crippen molar-refractivity contribution in [3.8, 4) is 0 Å². The average molecular weight is 256 g/mol. The summed E-state index contributed by atoms with van der Waals surface area (Å²) in [4.78, 5) is 0. The zero-order valence-corrected chi connectivity index (χ0v) is 12.0. The standard InChI is InChI=1S/C15H28O3/c1-10(2)12-7-6-11(3)9-14(12)18-15-13(16)5-4-8-17-15/h10-16H,4-9H2,1-3H3/t11-,12+,13?,14-,15?/m1/s1. The van der Waals surface area contributed by atoms with E-state index in [0.717, 1.165) is 31.8 Å². The third-order valence-electron chi connectivity index (χ3n) is 4.51. The number of hydrogen-bond donors (Lipinski definition) is 1. The fourth-order valence-electron chi connectivity index (χ4n) is 3.31. The fraction of sp³-hybridized carbons (Fsp3) is 1.00. The SMILES string of the molecule is CC(C)[C@@H]1CC[C@@H](C)C[C@H]1OC1OCCCC1O. The summed E-state index contributed by atoms with van der Waals surface area (Å²) in [5.74, 6) is 1.98. The molecule has 1 saturated heterocycles. The maximum absolute atomic E-state index is 9.94. The van der Waals surface area contributed by atoms with E-state index in [-0.39, 0.29) is 6.10 Å². The van der Waals surface area contributed by atoms with Crippen LogP contribution in [0.1, 0.15) is 52.9 Å². The van der Waals surface area contributed by atoms with E-state index in [2.05, 4.69) is 20.8 Å².